The Morgan fingerprint density at radius 2 is 2.16 bits per heavy atom. The van der Waals surface area contributed by atoms with Crippen molar-refractivity contribution in [2.24, 2.45) is 22.1 Å². The third-order valence-electron chi connectivity index (χ3n) is 5.32. The van der Waals surface area contributed by atoms with Crippen LogP contribution in [0.4, 0.5) is 13.2 Å². The maximum atomic E-state index is 12.8. The van der Waals surface area contributed by atoms with Crippen LogP contribution in [0.5, 0.6) is 0 Å². The monoisotopic (exact) mass is 355 g/mol. The minimum absolute atomic E-state index is 0.0403. The lowest BCUT2D eigenvalue weighted by Crippen LogP contribution is -2.70. The number of benzene rings is 1. The summed E-state index contributed by atoms with van der Waals surface area (Å²) >= 11 is 0. The predicted molar refractivity (Wildman–Crippen MR) is 89.9 cm³/mol. The summed E-state index contributed by atoms with van der Waals surface area (Å²) in [5.74, 6) is 0.672. The minimum Gasteiger partial charge on any atom is -0.377 e. The molecular formula is C18H24F3N3O. The van der Waals surface area contributed by atoms with Crippen molar-refractivity contribution >= 4 is 5.96 Å². The average molecular weight is 355 g/mol. The fraction of sp³-hybridized carbons (Fsp3) is 0.611. The van der Waals surface area contributed by atoms with Gasteiger partial charge in [-0.25, -0.2) is 4.99 Å². The summed E-state index contributed by atoms with van der Waals surface area (Å²) in [6, 6.07) is 5.33. The van der Waals surface area contributed by atoms with Gasteiger partial charge in [0.05, 0.1) is 18.2 Å². The SMILES string of the molecule is CC1(C)C(NC(N)=NCc2cccc(C(F)(F)F)c2)C2CCCOC21. The molecule has 138 valence electrons. The zero-order valence-corrected chi connectivity index (χ0v) is 14.4. The molecule has 25 heavy (non-hydrogen) atoms. The highest BCUT2D eigenvalue weighted by Crippen LogP contribution is 2.51. The average Bonchev–Trinajstić information content (AvgIpc) is 2.57. The van der Waals surface area contributed by atoms with Crippen molar-refractivity contribution in [2.75, 3.05) is 6.61 Å². The van der Waals surface area contributed by atoms with Gasteiger partial charge in [0.25, 0.3) is 0 Å². The number of hydrogen-bond donors (Lipinski definition) is 2. The van der Waals surface area contributed by atoms with E-state index in [9.17, 15) is 13.2 Å². The van der Waals surface area contributed by atoms with Gasteiger partial charge in [-0.05, 0) is 30.5 Å². The zero-order valence-electron chi connectivity index (χ0n) is 14.4. The molecule has 4 nitrogen and oxygen atoms in total. The molecule has 1 aromatic rings. The summed E-state index contributed by atoms with van der Waals surface area (Å²) in [5, 5.41) is 3.25. The molecule has 0 bridgehead atoms. The van der Waals surface area contributed by atoms with Crippen molar-refractivity contribution in [2.45, 2.75) is 51.6 Å². The highest BCUT2D eigenvalue weighted by Gasteiger charge is 2.58. The third-order valence-corrected chi connectivity index (χ3v) is 5.32. The Balaban J connectivity index is 1.63. The molecule has 1 aliphatic carbocycles. The van der Waals surface area contributed by atoms with E-state index in [-0.39, 0.29) is 30.1 Å². The predicted octanol–water partition coefficient (Wildman–Crippen LogP) is 3.31. The lowest BCUT2D eigenvalue weighted by Gasteiger charge is -2.60. The summed E-state index contributed by atoms with van der Waals surface area (Å²) in [6.45, 7) is 5.19. The lowest BCUT2D eigenvalue weighted by molar-refractivity contribution is -0.188. The van der Waals surface area contributed by atoms with Crippen LogP contribution in [0.15, 0.2) is 29.3 Å². The summed E-state index contributed by atoms with van der Waals surface area (Å²) in [7, 11) is 0. The van der Waals surface area contributed by atoms with Gasteiger partial charge in [0, 0.05) is 24.0 Å². The van der Waals surface area contributed by atoms with Crippen molar-refractivity contribution in [3.8, 4) is 0 Å². The molecule has 1 aliphatic heterocycles. The van der Waals surface area contributed by atoms with Crippen LogP contribution in [0.3, 0.4) is 0 Å². The first-order chi connectivity index (χ1) is 11.7. The molecule has 2 fully saturated rings. The van der Waals surface area contributed by atoms with E-state index in [1.54, 1.807) is 6.07 Å². The van der Waals surface area contributed by atoms with E-state index in [2.05, 4.69) is 24.2 Å². The van der Waals surface area contributed by atoms with Gasteiger partial charge in [-0.3, -0.25) is 0 Å². The molecule has 0 aromatic heterocycles. The van der Waals surface area contributed by atoms with Crippen LogP contribution in [0, 0.1) is 11.3 Å². The molecule has 7 heteroatoms. The molecule has 1 saturated carbocycles. The van der Waals surface area contributed by atoms with Crippen LogP contribution >= 0.6 is 0 Å². The molecule has 1 aromatic carbocycles. The first-order valence-electron chi connectivity index (χ1n) is 8.54. The minimum atomic E-state index is -4.35. The van der Waals surface area contributed by atoms with Crippen molar-refractivity contribution in [1.82, 2.24) is 5.32 Å². The van der Waals surface area contributed by atoms with E-state index >= 15 is 0 Å². The van der Waals surface area contributed by atoms with Crippen LogP contribution in [0.1, 0.15) is 37.8 Å². The Bertz CT molecular complexity index is 657. The summed E-state index contributed by atoms with van der Waals surface area (Å²) in [6.07, 6.45) is -1.99. The Morgan fingerprint density at radius 1 is 1.40 bits per heavy atom. The van der Waals surface area contributed by atoms with Crippen LogP contribution in [0.2, 0.25) is 0 Å². The molecule has 2 aliphatic rings. The number of ether oxygens (including phenoxy) is 1. The van der Waals surface area contributed by atoms with Gasteiger partial charge >= 0.3 is 6.18 Å². The van der Waals surface area contributed by atoms with Gasteiger partial charge in [-0.2, -0.15) is 13.2 Å². The van der Waals surface area contributed by atoms with Gasteiger partial charge in [-0.15, -0.1) is 0 Å². The number of guanidine groups is 1. The van der Waals surface area contributed by atoms with E-state index in [4.69, 9.17) is 10.5 Å². The van der Waals surface area contributed by atoms with Crippen LogP contribution in [0.25, 0.3) is 0 Å². The van der Waals surface area contributed by atoms with Crippen molar-refractivity contribution in [1.29, 1.82) is 0 Å². The Hall–Kier alpha value is -1.76. The van der Waals surface area contributed by atoms with Crippen molar-refractivity contribution in [3.05, 3.63) is 35.4 Å². The quantitative estimate of drug-likeness (QED) is 0.646. The second-order valence-corrected chi connectivity index (χ2v) is 7.44. The van der Waals surface area contributed by atoms with E-state index in [0.717, 1.165) is 31.6 Å². The molecule has 3 unspecified atom stereocenters. The number of rotatable bonds is 3. The highest BCUT2D eigenvalue weighted by atomic mass is 19.4. The second kappa shape index (κ2) is 6.52. The molecule has 3 N–H and O–H groups in total. The van der Waals surface area contributed by atoms with Gasteiger partial charge in [0.1, 0.15) is 0 Å². The smallest absolute Gasteiger partial charge is 0.377 e. The maximum absolute atomic E-state index is 12.8. The highest BCUT2D eigenvalue weighted by molar-refractivity contribution is 5.78. The van der Waals surface area contributed by atoms with Crippen molar-refractivity contribution in [3.63, 3.8) is 0 Å². The summed E-state index contributed by atoms with van der Waals surface area (Å²) < 4.78 is 44.1. The lowest BCUT2D eigenvalue weighted by atomic mass is 9.55. The number of halogens is 3. The fourth-order valence-corrected chi connectivity index (χ4v) is 4.04. The molecule has 1 heterocycles. The van der Waals surface area contributed by atoms with Crippen LogP contribution in [-0.4, -0.2) is 24.7 Å². The number of fused-ring (bicyclic) bond motifs is 1. The standard InChI is InChI=1S/C18H24F3N3O/c1-17(2)14(13-7-4-8-25-15(13)17)24-16(22)23-10-11-5-3-6-12(9-11)18(19,20)21/h3,5-6,9,13-15H,4,7-8,10H2,1-2H3,(H3,22,23,24). The second-order valence-electron chi connectivity index (χ2n) is 7.44. The van der Waals surface area contributed by atoms with E-state index in [1.807, 2.05) is 0 Å². The molecule has 3 atom stereocenters. The summed E-state index contributed by atoms with van der Waals surface area (Å²) in [5.41, 5.74) is 5.74. The normalized spacial score (nSPS) is 28.8. The Labute approximate surface area is 145 Å². The summed E-state index contributed by atoms with van der Waals surface area (Å²) in [4.78, 5) is 4.22. The van der Waals surface area contributed by atoms with Crippen LogP contribution in [-0.2, 0) is 17.5 Å². The van der Waals surface area contributed by atoms with Gasteiger partial charge in [0.2, 0.25) is 0 Å². The van der Waals surface area contributed by atoms with Gasteiger partial charge in [0.15, 0.2) is 5.96 Å². The zero-order chi connectivity index (χ0) is 18.2. The van der Waals surface area contributed by atoms with Gasteiger partial charge in [-0.1, -0.05) is 26.0 Å². The first-order valence-corrected chi connectivity index (χ1v) is 8.54. The van der Waals surface area contributed by atoms with E-state index in [1.165, 1.54) is 6.07 Å². The number of hydrogen-bond acceptors (Lipinski definition) is 2. The van der Waals surface area contributed by atoms with Gasteiger partial charge < -0.3 is 15.8 Å². The fourth-order valence-electron chi connectivity index (χ4n) is 4.04. The number of alkyl halides is 3. The number of nitrogens with one attached hydrogen (secondary N) is 1. The number of aliphatic imine (C=N–C) groups is 1. The number of nitrogens with two attached hydrogens (primary N) is 1. The topological polar surface area (TPSA) is 59.6 Å². The Morgan fingerprint density at radius 3 is 2.88 bits per heavy atom. The number of nitrogens with zero attached hydrogens (tertiary/aromatic N) is 1. The van der Waals surface area contributed by atoms with E-state index in [0.29, 0.717) is 11.5 Å². The maximum Gasteiger partial charge on any atom is 0.416 e. The molecule has 0 radical (unpaired) electrons. The molecule has 0 amide bonds. The first kappa shape index (κ1) is 18.0. The van der Waals surface area contributed by atoms with Crippen molar-refractivity contribution < 1.29 is 17.9 Å². The molecular weight excluding hydrogens is 331 g/mol. The van der Waals surface area contributed by atoms with Crippen LogP contribution < -0.4 is 11.1 Å². The largest absolute Gasteiger partial charge is 0.416 e. The molecule has 3 rings (SSSR count). The third kappa shape index (κ3) is 3.61. The van der Waals surface area contributed by atoms with E-state index < -0.39 is 11.7 Å². The molecule has 1 saturated heterocycles. The molecule has 0 spiro atoms. The Kier molecular flexibility index (Phi) is 4.70.